The van der Waals surface area contributed by atoms with Crippen molar-refractivity contribution in [3.63, 3.8) is 0 Å². The van der Waals surface area contributed by atoms with Crippen molar-refractivity contribution in [1.82, 2.24) is 15.3 Å². The second-order valence-corrected chi connectivity index (χ2v) is 7.49. The first-order chi connectivity index (χ1) is 13.5. The van der Waals surface area contributed by atoms with Gasteiger partial charge in [-0.2, -0.15) is 0 Å². The van der Waals surface area contributed by atoms with Crippen molar-refractivity contribution in [2.75, 3.05) is 11.9 Å². The highest BCUT2D eigenvalue weighted by Crippen LogP contribution is 2.15. The highest BCUT2D eigenvalue weighted by atomic mass is 16.6. The Hall–Kier alpha value is -3.30. The van der Waals surface area contributed by atoms with Crippen molar-refractivity contribution in [1.29, 1.82) is 0 Å². The zero-order valence-corrected chi connectivity index (χ0v) is 16.9. The van der Waals surface area contributed by atoms with E-state index in [2.05, 4.69) is 20.6 Å². The molecule has 0 aliphatic rings. The third-order valence-corrected chi connectivity index (χ3v) is 3.69. The van der Waals surface area contributed by atoms with E-state index in [4.69, 9.17) is 9.47 Å². The van der Waals surface area contributed by atoms with Gasteiger partial charge in [-0.15, -0.1) is 0 Å². The van der Waals surface area contributed by atoms with Gasteiger partial charge in [0.1, 0.15) is 5.60 Å². The van der Waals surface area contributed by atoms with Crippen molar-refractivity contribution in [3.05, 3.63) is 28.7 Å². The van der Waals surface area contributed by atoms with E-state index >= 15 is 0 Å². The first-order valence-electron chi connectivity index (χ1n) is 9.23. The van der Waals surface area contributed by atoms with Crippen LogP contribution in [0.4, 0.5) is 10.5 Å². The molecule has 0 aliphatic heterocycles. The standard InChI is InChI=1S/C19H26N4O6/c1-11(28-15(24)6-5-9-20-18(27)29-19(2,3)4)16(25)21-12-7-8-13-14(10-12)23-17(26)22-13/h7-8,10-11H,5-6,9H2,1-4H3,(H,20,27)(H,21,25)(H2,22,23,26)/t11-/m0/s1. The van der Waals surface area contributed by atoms with Crippen LogP contribution < -0.4 is 16.3 Å². The van der Waals surface area contributed by atoms with Gasteiger partial charge in [-0.05, 0) is 52.3 Å². The van der Waals surface area contributed by atoms with E-state index in [9.17, 15) is 19.2 Å². The monoisotopic (exact) mass is 406 g/mol. The van der Waals surface area contributed by atoms with Gasteiger partial charge in [0, 0.05) is 18.7 Å². The Bertz CT molecular complexity index is 940. The number of carbonyl (C=O) groups excluding carboxylic acids is 3. The first-order valence-corrected chi connectivity index (χ1v) is 9.23. The molecule has 4 N–H and O–H groups in total. The normalized spacial score (nSPS) is 12.3. The lowest BCUT2D eigenvalue weighted by Crippen LogP contribution is -2.33. The number of anilines is 1. The highest BCUT2D eigenvalue weighted by Gasteiger charge is 2.19. The minimum atomic E-state index is -0.998. The number of benzene rings is 1. The molecule has 158 valence electrons. The summed E-state index contributed by atoms with van der Waals surface area (Å²) in [6.45, 7) is 6.98. The van der Waals surface area contributed by atoms with Crippen molar-refractivity contribution in [2.45, 2.75) is 52.2 Å². The number of carbonyl (C=O) groups is 3. The van der Waals surface area contributed by atoms with E-state index in [-0.39, 0.29) is 18.7 Å². The smallest absolute Gasteiger partial charge is 0.407 e. The van der Waals surface area contributed by atoms with Crippen molar-refractivity contribution in [3.8, 4) is 0 Å². The van der Waals surface area contributed by atoms with Crippen LogP contribution in [0.2, 0.25) is 0 Å². The number of amides is 2. The number of imidazole rings is 1. The fourth-order valence-electron chi connectivity index (χ4n) is 2.40. The molecule has 1 aromatic heterocycles. The lowest BCUT2D eigenvalue weighted by molar-refractivity contribution is -0.153. The summed E-state index contributed by atoms with van der Waals surface area (Å²) in [6, 6.07) is 4.88. The number of H-pyrrole nitrogens is 2. The minimum absolute atomic E-state index is 0.0456. The number of hydrogen-bond acceptors (Lipinski definition) is 6. The van der Waals surface area contributed by atoms with E-state index in [0.29, 0.717) is 23.1 Å². The summed E-state index contributed by atoms with van der Waals surface area (Å²) in [5.74, 6) is -1.05. The molecule has 2 rings (SSSR count). The SMILES string of the molecule is C[C@H](OC(=O)CCCNC(=O)OC(C)(C)C)C(=O)Nc1ccc2[nH]c(=O)[nH]c2c1. The molecule has 0 radical (unpaired) electrons. The van der Waals surface area contributed by atoms with Crippen LogP contribution >= 0.6 is 0 Å². The van der Waals surface area contributed by atoms with Crippen LogP contribution in [0, 0.1) is 0 Å². The molecule has 10 nitrogen and oxygen atoms in total. The molecule has 0 fully saturated rings. The van der Waals surface area contributed by atoms with E-state index < -0.39 is 29.7 Å². The maximum Gasteiger partial charge on any atom is 0.407 e. The molecule has 2 aromatic rings. The Labute approximate surface area is 167 Å². The number of alkyl carbamates (subject to hydrolysis) is 1. The molecule has 0 aliphatic carbocycles. The van der Waals surface area contributed by atoms with E-state index in [1.165, 1.54) is 6.92 Å². The Morgan fingerprint density at radius 3 is 2.52 bits per heavy atom. The number of aromatic nitrogens is 2. The molecule has 1 heterocycles. The van der Waals surface area contributed by atoms with Crippen LogP contribution in [0.3, 0.4) is 0 Å². The van der Waals surface area contributed by atoms with Gasteiger partial charge in [0.15, 0.2) is 6.10 Å². The van der Waals surface area contributed by atoms with Gasteiger partial charge >= 0.3 is 17.8 Å². The number of hydrogen-bond donors (Lipinski definition) is 4. The number of nitrogens with one attached hydrogen (secondary N) is 4. The van der Waals surface area contributed by atoms with Crippen LogP contribution in [0.25, 0.3) is 11.0 Å². The molecule has 29 heavy (non-hydrogen) atoms. The Kier molecular flexibility index (Phi) is 7.03. The summed E-state index contributed by atoms with van der Waals surface area (Å²) in [4.78, 5) is 52.0. The third kappa shape index (κ3) is 7.32. The van der Waals surface area contributed by atoms with Gasteiger partial charge in [-0.1, -0.05) is 0 Å². The Balaban J connectivity index is 1.73. The Morgan fingerprint density at radius 2 is 1.83 bits per heavy atom. The molecule has 2 amide bonds. The summed E-state index contributed by atoms with van der Waals surface area (Å²) in [5, 5.41) is 5.17. The number of rotatable bonds is 7. The van der Waals surface area contributed by atoms with Crippen LogP contribution in [0.5, 0.6) is 0 Å². The molecule has 0 saturated heterocycles. The Morgan fingerprint density at radius 1 is 1.14 bits per heavy atom. The summed E-state index contributed by atoms with van der Waals surface area (Å²) in [7, 11) is 0. The first kappa shape index (κ1) is 22.0. The maximum atomic E-state index is 12.2. The number of esters is 1. The quantitative estimate of drug-likeness (QED) is 0.409. The molecule has 0 saturated carbocycles. The molecule has 1 aromatic carbocycles. The average Bonchev–Trinajstić information content (AvgIpc) is 2.96. The summed E-state index contributed by atoms with van der Waals surface area (Å²) in [6.07, 6.45) is -1.16. The van der Waals surface area contributed by atoms with Crippen LogP contribution in [0.1, 0.15) is 40.5 Å². The van der Waals surface area contributed by atoms with Crippen LogP contribution in [0.15, 0.2) is 23.0 Å². The summed E-state index contributed by atoms with van der Waals surface area (Å²) >= 11 is 0. The van der Waals surface area contributed by atoms with E-state index in [1.54, 1.807) is 39.0 Å². The lowest BCUT2D eigenvalue weighted by Gasteiger charge is -2.19. The molecule has 1 atom stereocenters. The zero-order chi connectivity index (χ0) is 21.6. The fraction of sp³-hybridized carbons (Fsp3) is 0.474. The minimum Gasteiger partial charge on any atom is -0.453 e. The van der Waals surface area contributed by atoms with Gasteiger partial charge in [0.25, 0.3) is 5.91 Å². The number of fused-ring (bicyclic) bond motifs is 1. The van der Waals surface area contributed by atoms with Gasteiger partial charge in [-0.3, -0.25) is 9.59 Å². The van der Waals surface area contributed by atoms with Gasteiger partial charge in [-0.25, -0.2) is 9.59 Å². The predicted molar refractivity (Wildman–Crippen MR) is 107 cm³/mol. The summed E-state index contributed by atoms with van der Waals surface area (Å²) in [5.41, 5.74) is 0.698. The van der Waals surface area contributed by atoms with Crippen molar-refractivity contribution >= 4 is 34.7 Å². The number of aromatic amines is 2. The van der Waals surface area contributed by atoms with Gasteiger partial charge < -0.3 is 30.1 Å². The van der Waals surface area contributed by atoms with Gasteiger partial charge in [0.2, 0.25) is 0 Å². The highest BCUT2D eigenvalue weighted by molar-refractivity contribution is 5.96. The molecule has 10 heteroatoms. The number of ether oxygens (including phenoxy) is 2. The fourth-order valence-corrected chi connectivity index (χ4v) is 2.40. The molecular weight excluding hydrogens is 380 g/mol. The van der Waals surface area contributed by atoms with Crippen molar-refractivity contribution < 1.29 is 23.9 Å². The molecule has 0 spiro atoms. The third-order valence-electron chi connectivity index (χ3n) is 3.69. The maximum absolute atomic E-state index is 12.2. The van der Waals surface area contributed by atoms with E-state index in [0.717, 1.165) is 0 Å². The van der Waals surface area contributed by atoms with E-state index in [1.807, 2.05) is 0 Å². The lowest BCUT2D eigenvalue weighted by atomic mass is 10.2. The van der Waals surface area contributed by atoms with Crippen molar-refractivity contribution in [2.24, 2.45) is 0 Å². The molecule has 0 unspecified atom stereocenters. The predicted octanol–water partition coefficient (Wildman–Crippen LogP) is 2.03. The summed E-state index contributed by atoms with van der Waals surface area (Å²) < 4.78 is 10.2. The van der Waals surface area contributed by atoms with Crippen LogP contribution in [-0.4, -0.2) is 46.2 Å². The topological polar surface area (TPSA) is 142 Å². The largest absolute Gasteiger partial charge is 0.453 e. The van der Waals surface area contributed by atoms with Gasteiger partial charge in [0.05, 0.1) is 11.0 Å². The van der Waals surface area contributed by atoms with Crippen LogP contribution in [-0.2, 0) is 19.1 Å². The second kappa shape index (κ2) is 9.26. The molecule has 0 bridgehead atoms. The molecular formula is C19H26N4O6. The average molecular weight is 406 g/mol. The second-order valence-electron chi connectivity index (χ2n) is 7.49. The zero-order valence-electron chi connectivity index (χ0n) is 16.9.